The quantitative estimate of drug-likeness (QED) is 0.447. The minimum absolute atomic E-state index is 0.270. The molecule has 0 aliphatic rings. The second kappa shape index (κ2) is 8.29. The molecule has 0 spiro atoms. The van der Waals surface area contributed by atoms with Crippen LogP contribution in [-0.2, 0) is 14.3 Å². The summed E-state index contributed by atoms with van der Waals surface area (Å²) >= 11 is 0. The first-order chi connectivity index (χ1) is 8.36. The molecule has 0 saturated heterocycles. The number of nitrogens with two attached hydrogens (primary N) is 1. The lowest BCUT2D eigenvalue weighted by Gasteiger charge is -2.17. The molecule has 104 valence electrons. The molecule has 2 atom stereocenters. The average molecular weight is 261 g/mol. The van der Waals surface area contributed by atoms with E-state index in [1.165, 1.54) is 0 Å². The average Bonchev–Trinajstić information content (AvgIpc) is 2.24. The highest BCUT2D eigenvalue weighted by atomic mass is 16.5. The van der Waals surface area contributed by atoms with Gasteiger partial charge in [-0.25, -0.2) is 9.59 Å². The van der Waals surface area contributed by atoms with E-state index < -0.39 is 30.4 Å². The van der Waals surface area contributed by atoms with Crippen molar-refractivity contribution < 1.29 is 24.2 Å². The molecule has 5 N–H and O–H groups in total. The van der Waals surface area contributed by atoms with Gasteiger partial charge in [-0.3, -0.25) is 4.79 Å². The number of hydrogen-bond donors (Lipinski definition) is 4. The molecule has 0 aliphatic carbocycles. The minimum Gasteiger partial charge on any atom is -0.480 e. The van der Waals surface area contributed by atoms with Gasteiger partial charge < -0.3 is 26.2 Å². The Kier molecular flexibility index (Phi) is 7.45. The third kappa shape index (κ3) is 7.44. The van der Waals surface area contributed by atoms with Crippen LogP contribution in [0.4, 0.5) is 4.79 Å². The zero-order valence-corrected chi connectivity index (χ0v) is 10.4. The van der Waals surface area contributed by atoms with Gasteiger partial charge in [0.2, 0.25) is 5.91 Å². The highest BCUT2D eigenvalue weighted by Gasteiger charge is 2.22. The van der Waals surface area contributed by atoms with Crippen LogP contribution < -0.4 is 16.4 Å². The second-order valence-corrected chi connectivity index (χ2v) is 3.74. The summed E-state index contributed by atoms with van der Waals surface area (Å²) in [6, 6.07) is -2.29. The number of carboxylic acids is 1. The Hall–Kier alpha value is -1.83. The van der Waals surface area contributed by atoms with Gasteiger partial charge in [0.15, 0.2) is 0 Å². The van der Waals surface area contributed by atoms with Gasteiger partial charge in [-0.05, 0) is 13.8 Å². The Bertz CT molecular complexity index is 308. The van der Waals surface area contributed by atoms with E-state index in [0.29, 0.717) is 13.2 Å². The maximum Gasteiger partial charge on any atom is 0.326 e. The van der Waals surface area contributed by atoms with Gasteiger partial charge in [-0.2, -0.15) is 0 Å². The van der Waals surface area contributed by atoms with Gasteiger partial charge in [0.05, 0.1) is 19.1 Å². The molecule has 3 amide bonds. The summed E-state index contributed by atoms with van der Waals surface area (Å²) in [6.45, 7) is 4.36. The predicted octanol–water partition coefficient (Wildman–Crippen LogP) is -0.961. The molecule has 0 radical (unpaired) electrons. The number of amides is 3. The van der Waals surface area contributed by atoms with Crippen LogP contribution >= 0.6 is 0 Å². The standard InChI is InChI=1S/C10H19N3O5/c1-3-18-5-6(2)12-10(17)13-7(9(15)16)4-8(11)14/h6-7H,3-5H2,1-2H3,(H2,11,14)(H,15,16)(H2,12,13,17)/t6?,7-/m1/s1. The Morgan fingerprint density at radius 3 is 2.39 bits per heavy atom. The van der Waals surface area contributed by atoms with Gasteiger partial charge in [-0.15, -0.1) is 0 Å². The number of rotatable bonds is 8. The largest absolute Gasteiger partial charge is 0.480 e. The summed E-state index contributed by atoms with van der Waals surface area (Å²) in [7, 11) is 0. The summed E-state index contributed by atoms with van der Waals surface area (Å²) in [5.41, 5.74) is 4.88. The first-order valence-electron chi connectivity index (χ1n) is 5.52. The van der Waals surface area contributed by atoms with Crippen LogP contribution in [0.5, 0.6) is 0 Å². The van der Waals surface area contributed by atoms with Crippen LogP contribution in [0.2, 0.25) is 0 Å². The van der Waals surface area contributed by atoms with E-state index in [0.717, 1.165) is 0 Å². The van der Waals surface area contributed by atoms with Gasteiger partial charge in [-0.1, -0.05) is 0 Å². The summed E-state index contributed by atoms with van der Waals surface area (Å²) in [5.74, 6) is -2.12. The van der Waals surface area contributed by atoms with E-state index >= 15 is 0 Å². The van der Waals surface area contributed by atoms with Crippen molar-refractivity contribution in [1.82, 2.24) is 10.6 Å². The van der Waals surface area contributed by atoms with Gasteiger partial charge in [0, 0.05) is 6.61 Å². The molecule has 0 aromatic rings. The molecular weight excluding hydrogens is 242 g/mol. The zero-order valence-electron chi connectivity index (χ0n) is 10.4. The van der Waals surface area contributed by atoms with E-state index in [9.17, 15) is 14.4 Å². The number of carbonyl (C=O) groups excluding carboxylic acids is 2. The molecule has 0 aromatic heterocycles. The van der Waals surface area contributed by atoms with E-state index in [-0.39, 0.29) is 6.04 Å². The summed E-state index contributed by atoms with van der Waals surface area (Å²) in [6.07, 6.45) is -0.456. The highest BCUT2D eigenvalue weighted by Crippen LogP contribution is 1.92. The summed E-state index contributed by atoms with van der Waals surface area (Å²) in [4.78, 5) is 32.8. The number of carbonyl (C=O) groups is 3. The second-order valence-electron chi connectivity index (χ2n) is 3.74. The van der Waals surface area contributed by atoms with Crippen molar-refractivity contribution in [3.05, 3.63) is 0 Å². The van der Waals surface area contributed by atoms with Crippen LogP contribution in [0.3, 0.4) is 0 Å². The maximum absolute atomic E-state index is 11.4. The summed E-state index contributed by atoms with van der Waals surface area (Å²) in [5, 5.41) is 13.4. The first kappa shape index (κ1) is 16.2. The fourth-order valence-electron chi connectivity index (χ4n) is 1.16. The maximum atomic E-state index is 11.4. The lowest BCUT2D eigenvalue weighted by molar-refractivity contribution is -0.140. The van der Waals surface area contributed by atoms with Crippen LogP contribution in [0.1, 0.15) is 20.3 Å². The smallest absolute Gasteiger partial charge is 0.326 e. The van der Waals surface area contributed by atoms with Gasteiger partial charge in [0.25, 0.3) is 0 Å². The Morgan fingerprint density at radius 2 is 1.94 bits per heavy atom. The van der Waals surface area contributed by atoms with Crippen LogP contribution in [-0.4, -0.2) is 48.3 Å². The number of primary amides is 1. The topological polar surface area (TPSA) is 131 Å². The fourth-order valence-corrected chi connectivity index (χ4v) is 1.16. The van der Waals surface area contributed by atoms with Gasteiger partial charge >= 0.3 is 12.0 Å². The molecule has 0 fully saturated rings. The van der Waals surface area contributed by atoms with Crippen LogP contribution in [0.15, 0.2) is 0 Å². The Labute approximate surface area is 105 Å². The van der Waals surface area contributed by atoms with Crippen molar-refractivity contribution in [3.8, 4) is 0 Å². The third-order valence-corrected chi connectivity index (χ3v) is 1.96. The molecule has 1 unspecified atom stereocenters. The van der Waals surface area contributed by atoms with Crippen molar-refractivity contribution in [2.75, 3.05) is 13.2 Å². The molecule has 8 nitrogen and oxygen atoms in total. The van der Waals surface area contributed by atoms with Crippen molar-refractivity contribution in [1.29, 1.82) is 0 Å². The lowest BCUT2D eigenvalue weighted by atomic mass is 10.2. The SMILES string of the molecule is CCOCC(C)NC(=O)N[C@H](CC(N)=O)C(=O)O. The number of carboxylic acid groups (broad SMARTS) is 1. The molecular formula is C10H19N3O5. The van der Waals surface area contributed by atoms with Crippen molar-refractivity contribution >= 4 is 17.9 Å². The third-order valence-electron chi connectivity index (χ3n) is 1.96. The predicted molar refractivity (Wildman–Crippen MR) is 62.9 cm³/mol. The monoisotopic (exact) mass is 261 g/mol. The minimum atomic E-state index is -1.33. The summed E-state index contributed by atoms with van der Waals surface area (Å²) < 4.78 is 5.08. The van der Waals surface area contributed by atoms with Crippen molar-refractivity contribution in [2.24, 2.45) is 5.73 Å². The fraction of sp³-hybridized carbons (Fsp3) is 0.700. The van der Waals surface area contributed by atoms with E-state index in [2.05, 4.69) is 10.6 Å². The zero-order chi connectivity index (χ0) is 14.1. The molecule has 0 aromatic carbocycles. The van der Waals surface area contributed by atoms with E-state index in [1.807, 2.05) is 6.92 Å². The van der Waals surface area contributed by atoms with E-state index in [1.54, 1.807) is 6.92 Å². The molecule has 8 heteroatoms. The Balaban J connectivity index is 4.17. The molecule has 0 saturated carbocycles. The number of ether oxygens (including phenoxy) is 1. The molecule has 0 rings (SSSR count). The molecule has 0 aliphatic heterocycles. The van der Waals surface area contributed by atoms with Crippen LogP contribution in [0, 0.1) is 0 Å². The normalized spacial score (nSPS) is 13.4. The number of hydrogen-bond acceptors (Lipinski definition) is 4. The number of nitrogens with one attached hydrogen (secondary N) is 2. The first-order valence-corrected chi connectivity index (χ1v) is 5.52. The molecule has 0 bridgehead atoms. The van der Waals surface area contributed by atoms with Crippen LogP contribution in [0.25, 0.3) is 0 Å². The molecule has 18 heavy (non-hydrogen) atoms. The molecule has 0 heterocycles. The lowest BCUT2D eigenvalue weighted by Crippen LogP contribution is -2.50. The number of urea groups is 1. The van der Waals surface area contributed by atoms with Gasteiger partial charge in [0.1, 0.15) is 6.04 Å². The van der Waals surface area contributed by atoms with Crippen molar-refractivity contribution in [3.63, 3.8) is 0 Å². The van der Waals surface area contributed by atoms with Crippen molar-refractivity contribution in [2.45, 2.75) is 32.4 Å². The highest BCUT2D eigenvalue weighted by molar-refractivity contribution is 5.87. The van der Waals surface area contributed by atoms with E-state index in [4.69, 9.17) is 15.6 Å². The Morgan fingerprint density at radius 1 is 1.33 bits per heavy atom. The number of aliphatic carboxylic acids is 1.